The molecular formula is C16H21FN6O. The number of hydrogen-bond acceptors (Lipinski definition) is 6. The van der Waals surface area contributed by atoms with Crippen molar-refractivity contribution in [1.82, 2.24) is 9.97 Å². The monoisotopic (exact) mass is 332 g/mol. The average Bonchev–Trinajstić information content (AvgIpc) is 2.50. The number of aryl methyl sites for hydroxylation is 1. The van der Waals surface area contributed by atoms with E-state index < -0.39 is 11.7 Å². The zero-order chi connectivity index (χ0) is 17.7. The number of carbonyl (C=O) groups excluding carboxylic acids is 1. The number of pyridine rings is 2. The highest BCUT2D eigenvalue weighted by Crippen LogP contribution is 2.24. The second-order valence-corrected chi connectivity index (χ2v) is 5.58. The molecule has 7 nitrogen and oxygen atoms in total. The number of nitrogens with zero attached hydrogens (tertiary/aromatic N) is 2. The minimum absolute atomic E-state index is 0.0315. The van der Waals surface area contributed by atoms with E-state index in [4.69, 9.17) is 11.5 Å². The maximum atomic E-state index is 14.2. The number of halogens is 1. The average molecular weight is 332 g/mol. The normalized spacial score (nSPS) is 11.8. The van der Waals surface area contributed by atoms with Crippen molar-refractivity contribution < 1.29 is 9.18 Å². The highest BCUT2D eigenvalue weighted by atomic mass is 19.1. The van der Waals surface area contributed by atoms with Gasteiger partial charge in [-0.2, -0.15) is 0 Å². The molecule has 2 heterocycles. The molecule has 128 valence electrons. The number of rotatable bonds is 7. The highest BCUT2D eigenvalue weighted by Gasteiger charge is 2.17. The van der Waals surface area contributed by atoms with Crippen molar-refractivity contribution in [2.75, 3.05) is 17.2 Å². The molecule has 2 aromatic rings. The summed E-state index contributed by atoms with van der Waals surface area (Å²) in [6.45, 7) is 4.22. The van der Waals surface area contributed by atoms with E-state index in [1.165, 1.54) is 0 Å². The molecule has 0 saturated heterocycles. The van der Waals surface area contributed by atoms with Gasteiger partial charge in [-0.05, 0) is 44.5 Å². The third-order valence-corrected chi connectivity index (χ3v) is 3.36. The van der Waals surface area contributed by atoms with E-state index in [9.17, 15) is 9.18 Å². The molecule has 0 bridgehead atoms. The van der Waals surface area contributed by atoms with E-state index in [0.717, 1.165) is 11.6 Å². The number of amides is 1. The Labute approximate surface area is 139 Å². The summed E-state index contributed by atoms with van der Waals surface area (Å²) in [6.07, 6.45) is 3.93. The molecule has 0 radical (unpaired) electrons. The predicted molar refractivity (Wildman–Crippen MR) is 91.7 cm³/mol. The van der Waals surface area contributed by atoms with Crippen molar-refractivity contribution in [1.29, 1.82) is 0 Å². The number of anilines is 3. The van der Waals surface area contributed by atoms with Gasteiger partial charge in [-0.3, -0.25) is 9.78 Å². The maximum Gasteiger partial charge on any atom is 0.252 e. The summed E-state index contributed by atoms with van der Waals surface area (Å²) in [5, 5.41) is 5.90. The van der Waals surface area contributed by atoms with E-state index in [2.05, 4.69) is 20.6 Å². The van der Waals surface area contributed by atoms with Crippen molar-refractivity contribution in [2.45, 2.75) is 26.3 Å². The quantitative estimate of drug-likeness (QED) is 0.615. The number of aromatic nitrogens is 2. The Morgan fingerprint density at radius 3 is 2.71 bits per heavy atom. The minimum Gasteiger partial charge on any atom is -0.365 e. The lowest BCUT2D eigenvalue weighted by Crippen LogP contribution is -2.22. The van der Waals surface area contributed by atoms with Gasteiger partial charge in [0.25, 0.3) is 5.91 Å². The van der Waals surface area contributed by atoms with Gasteiger partial charge in [0.2, 0.25) is 0 Å². The van der Waals surface area contributed by atoms with Gasteiger partial charge in [-0.15, -0.1) is 0 Å². The molecule has 24 heavy (non-hydrogen) atoms. The van der Waals surface area contributed by atoms with Crippen LogP contribution in [0.1, 0.15) is 29.3 Å². The molecule has 0 aliphatic heterocycles. The topological polar surface area (TPSA) is 119 Å². The van der Waals surface area contributed by atoms with Crippen LogP contribution in [0.25, 0.3) is 0 Å². The number of nitrogens with one attached hydrogen (secondary N) is 2. The fraction of sp³-hybridized carbons (Fsp3) is 0.312. The lowest BCUT2D eigenvalue weighted by molar-refractivity contribution is 0.100. The fourth-order valence-corrected chi connectivity index (χ4v) is 2.19. The first kappa shape index (κ1) is 17.6. The van der Waals surface area contributed by atoms with Crippen molar-refractivity contribution in [3.05, 3.63) is 41.5 Å². The summed E-state index contributed by atoms with van der Waals surface area (Å²) >= 11 is 0. The van der Waals surface area contributed by atoms with Crippen LogP contribution in [-0.2, 0) is 0 Å². The zero-order valence-electron chi connectivity index (χ0n) is 13.6. The number of primary amides is 1. The van der Waals surface area contributed by atoms with E-state index in [0.29, 0.717) is 18.7 Å². The summed E-state index contributed by atoms with van der Waals surface area (Å²) in [4.78, 5) is 19.8. The molecule has 0 unspecified atom stereocenters. The van der Waals surface area contributed by atoms with Crippen LogP contribution in [0.3, 0.4) is 0 Å². The van der Waals surface area contributed by atoms with E-state index in [1.54, 1.807) is 12.4 Å². The summed E-state index contributed by atoms with van der Waals surface area (Å²) in [5.74, 6) is -1.23. The SMILES string of the molecule is Cc1cncc(Nc2nc(N[C@H](C)CCN)c(F)cc2C(N)=O)c1. The fourth-order valence-electron chi connectivity index (χ4n) is 2.19. The second kappa shape index (κ2) is 7.69. The Kier molecular flexibility index (Phi) is 5.64. The van der Waals surface area contributed by atoms with Gasteiger partial charge in [0.1, 0.15) is 5.82 Å². The van der Waals surface area contributed by atoms with E-state index in [1.807, 2.05) is 19.9 Å². The first-order valence-electron chi connectivity index (χ1n) is 7.56. The molecule has 0 aliphatic rings. The first-order chi connectivity index (χ1) is 11.4. The van der Waals surface area contributed by atoms with Crippen LogP contribution in [0.2, 0.25) is 0 Å². The van der Waals surface area contributed by atoms with Crippen molar-refractivity contribution in [3.63, 3.8) is 0 Å². The van der Waals surface area contributed by atoms with Gasteiger partial charge in [0.05, 0.1) is 17.4 Å². The van der Waals surface area contributed by atoms with Crippen molar-refractivity contribution in [2.24, 2.45) is 11.5 Å². The summed E-state index contributed by atoms with van der Waals surface area (Å²) in [5.41, 5.74) is 12.3. The van der Waals surface area contributed by atoms with Gasteiger partial charge in [0.15, 0.2) is 11.6 Å². The number of carbonyl (C=O) groups is 1. The lowest BCUT2D eigenvalue weighted by Gasteiger charge is -2.17. The van der Waals surface area contributed by atoms with Crippen LogP contribution in [0.15, 0.2) is 24.5 Å². The minimum atomic E-state index is -0.772. The molecule has 1 atom stereocenters. The van der Waals surface area contributed by atoms with Crippen LogP contribution in [0, 0.1) is 12.7 Å². The third-order valence-electron chi connectivity index (χ3n) is 3.36. The van der Waals surface area contributed by atoms with E-state index >= 15 is 0 Å². The largest absolute Gasteiger partial charge is 0.365 e. The second-order valence-electron chi connectivity index (χ2n) is 5.58. The smallest absolute Gasteiger partial charge is 0.252 e. The molecule has 2 rings (SSSR count). The summed E-state index contributed by atoms with van der Waals surface area (Å²) in [7, 11) is 0. The van der Waals surface area contributed by atoms with Crippen LogP contribution < -0.4 is 22.1 Å². The Bertz CT molecular complexity index is 737. The number of hydrogen-bond donors (Lipinski definition) is 4. The Balaban J connectivity index is 2.37. The molecule has 2 aromatic heterocycles. The predicted octanol–water partition coefficient (Wildman–Crippen LogP) is 1.92. The molecule has 6 N–H and O–H groups in total. The zero-order valence-corrected chi connectivity index (χ0v) is 13.6. The molecule has 0 spiro atoms. The molecule has 0 aliphatic carbocycles. The van der Waals surface area contributed by atoms with Crippen LogP contribution in [0.5, 0.6) is 0 Å². The third kappa shape index (κ3) is 4.39. The first-order valence-corrected chi connectivity index (χ1v) is 7.56. The van der Waals surface area contributed by atoms with Gasteiger partial charge in [-0.1, -0.05) is 0 Å². The Hall–Kier alpha value is -2.74. The van der Waals surface area contributed by atoms with Gasteiger partial charge >= 0.3 is 0 Å². The molecule has 8 heteroatoms. The van der Waals surface area contributed by atoms with E-state index in [-0.39, 0.29) is 23.2 Å². The van der Waals surface area contributed by atoms with Gasteiger partial charge in [0, 0.05) is 12.2 Å². The molecular weight excluding hydrogens is 311 g/mol. The van der Waals surface area contributed by atoms with Crippen LogP contribution in [-0.4, -0.2) is 28.5 Å². The molecule has 1 amide bonds. The van der Waals surface area contributed by atoms with Crippen LogP contribution in [0.4, 0.5) is 21.7 Å². The lowest BCUT2D eigenvalue weighted by atomic mass is 10.2. The number of nitrogens with two attached hydrogens (primary N) is 2. The Morgan fingerprint density at radius 1 is 1.33 bits per heavy atom. The van der Waals surface area contributed by atoms with Gasteiger partial charge in [-0.25, -0.2) is 9.37 Å². The van der Waals surface area contributed by atoms with Crippen LogP contribution >= 0.6 is 0 Å². The highest BCUT2D eigenvalue weighted by molar-refractivity contribution is 5.98. The summed E-state index contributed by atoms with van der Waals surface area (Å²) < 4.78 is 14.2. The van der Waals surface area contributed by atoms with Crippen molar-refractivity contribution in [3.8, 4) is 0 Å². The molecule has 0 fully saturated rings. The standard InChI is InChI=1S/C16H21FN6O/c1-9-5-11(8-20-7-9)22-15-12(14(19)24)6-13(17)16(23-15)21-10(2)3-4-18/h5-8,10H,3-4,18H2,1-2H3,(H2,19,24)(H2,21,22,23)/t10-/m1/s1. The maximum absolute atomic E-state index is 14.2. The molecule has 0 aromatic carbocycles. The molecule has 0 saturated carbocycles. The van der Waals surface area contributed by atoms with Crippen molar-refractivity contribution >= 4 is 23.2 Å². The Morgan fingerprint density at radius 2 is 2.08 bits per heavy atom. The van der Waals surface area contributed by atoms with Gasteiger partial charge < -0.3 is 22.1 Å². The summed E-state index contributed by atoms with van der Waals surface area (Å²) in [6, 6.07) is 2.83.